The lowest BCUT2D eigenvalue weighted by Gasteiger charge is -2.31. The SMILES string of the molecule is Cn1cnc(S(=O)(=O)NC[C@@H]2CCCO[C@H]2c2nccn2C)c1. The van der Waals surface area contributed by atoms with Gasteiger partial charge in [-0.3, -0.25) is 0 Å². The van der Waals surface area contributed by atoms with Crippen LogP contribution in [0.1, 0.15) is 24.8 Å². The van der Waals surface area contributed by atoms with Gasteiger partial charge in [0.25, 0.3) is 10.0 Å². The number of aryl methyl sites for hydroxylation is 2. The Morgan fingerprint density at radius 1 is 1.39 bits per heavy atom. The van der Waals surface area contributed by atoms with Crippen molar-refractivity contribution in [2.75, 3.05) is 13.2 Å². The highest BCUT2D eigenvalue weighted by molar-refractivity contribution is 7.89. The molecule has 0 aliphatic carbocycles. The molecule has 1 saturated heterocycles. The van der Waals surface area contributed by atoms with Crippen LogP contribution in [0.2, 0.25) is 0 Å². The van der Waals surface area contributed by atoms with E-state index in [0.29, 0.717) is 13.2 Å². The zero-order valence-corrected chi connectivity index (χ0v) is 14.0. The Balaban J connectivity index is 1.72. The molecule has 2 aromatic heterocycles. The number of nitrogens with zero attached hydrogens (tertiary/aromatic N) is 4. The Labute approximate surface area is 135 Å². The van der Waals surface area contributed by atoms with Crippen LogP contribution in [0.4, 0.5) is 0 Å². The summed E-state index contributed by atoms with van der Waals surface area (Å²) in [5.74, 6) is 0.870. The minimum absolute atomic E-state index is 0.0327. The molecule has 1 N–H and O–H groups in total. The zero-order valence-electron chi connectivity index (χ0n) is 13.2. The van der Waals surface area contributed by atoms with E-state index in [2.05, 4.69) is 14.7 Å². The van der Waals surface area contributed by atoms with Gasteiger partial charge in [-0.15, -0.1) is 0 Å². The number of imidazole rings is 2. The summed E-state index contributed by atoms with van der Waals surface area (Å²) in [5.41, 5.74) is 0. The number of hydrogen-bond donors (Lipinski definition) is 1. The standard InChI is InChI=1S/C14H21N5O3S/c1-18-9-12(16-10-18)23(20,21)17-8-11-4-3-7-22-13(11)14-15-5-6-19(14)2/h5-6,9-11,13,17H,3-4,7-8H2,1-2H3/t11-,13+/m0/s1. The lowest BCUT2D eigenvalue weighted by Crippen LogP contribution is -2.36. The van der Waals surface area contributed by atoms with Crippen LogP contribution >= 0.6 is 0 Å². The highest BCUT2D eigenvalue weighted by atomic mass is 32.2. The molecule has 1 aliphatic rings. The van der Waals surface area contributed by atoms with Crippen molar-refractivity contribution >= 4 is 10.0 Å². The monoisotopic (exact) mass is 339 g/mol. The lowest BCUT2D eigenvalue weighted by atomic mass is 9.94. The molecule has 1 fully saturated rings. The van der Waals surface area contributed by atoms with Crippen LogP contribution in [-0.4, -0.2) is 40.7 Å². The van der Waals surface area contributed by atoms with Crippen molar-refractivity contribution in [1.29, 1.82) is 0 Å². The second-order valence-electron chi connectivity index (χ2n) is 5.82. The van der Waals surface area contributed by atoms with Crippen LogP contribution in [0.5, 0.6) is 0 Å². The third-order valence-corrected chi connectivity index (χ3v) is 5.36. The summed E-state index contributed by atoms with van der Waals surface area (Å²) in [4.78, 5) is 8.24. The summed E-state index contributed by atoms with van der Waals surface area (Å²) < 4.78 is 36.6. The molecular weight excluding hydrogens is 318 g/mol. The number of aromatic nitrogens is 4. The van der Waals surface area contributed by atoms with Crippen molar-refractivity contribution in [3.63, 3.8) is 0 Å². The van der Waals surface area contributed by atoms with Gasteiger partial charge in [0.05, 0.1) is 6.33 Å². The third-order valence-electron chi connectivity index (χ3n) is 4.05. The molecule has 0 unspecified atom stereocenters. The van der Waals surface area contributed by atoms with Gasteiger partial charge in [-0.1, -0.05) is 0 Å². The maximum Gasteiger partial charge on any atom is 0.259 e. The molecule has 0 spiro atoms. The smallest absolute Gasteiger partial charge is 0.259 e. The minimum atomic E-state index is -3.61. The highest BCUT2D eigenvalue weighted by Crippen LogP contribution is 2.32. The predicted molar refractivity (Wildman–Crippen MR) is 83.0 cm³/mol. The van der Waals surface area contributed by atoms with E-state index >= 15 is 0 Å². The predicted octanol–water partition coefficient (Wildman–Crippen LogP) is 0.600. The second-order valence-corrected chi connectivity index (χ2v) is 7.53. The maximum absolute atomic E-state index is 12.3. The first-order chi connectivity index (χ1) is 11.0. The number of nitrogens with one attached hydrogen (secondary N) is 1. The fourth-order valence-electron chi connectivity index (χ4n) is 2.81. The maximum atomic E-state index is 12.3. The minimum Gasteiger partial charge on any atom is -0.370 e. The Hall–Kier alpha value is -1.71. The Bertz CT molecular complexity index is 767. The summed E-state index contributed by atoms with van der Waals surface area (Å²) in [6, 6.07) is 0. The molecule has 2 atom stereocenters. The number of rotatable bonds is 5. The molecule has 23 heavy (non-hydrogen) atoms. The molecule has 0 bridgehead atoms. The van der Waals surface area contributed by atoms with Crippen molar-refractivity contribution in [2.24, 2.45) is 20.0 Å². The zero-order chi connectivity index (χ0) is 16.4. The first-order valence-corrected chi connectivity index (χ1v) is 9.02. The molecule has 8 nitrogen and oxygen atoms in total. The van der Waals surface area contributed by atoms with Gasteiger partial charge in [0, 0.05) is 51.8 Å². The van der Waals surface area contributed by atoms with Crippen LogP contribution in [0.25, 0.3) is 0 Å². The molecule has 9 heteroatoms. The Morgan fingerprint density at radius 3 is 2.87 bits per heavy atom. The number of sulfonamides is 1. The van der Waals surface area contributed by atoms with E-state index < -0.39 is 10.0 Å². The van der Waals surface area contributed by atoms with E-state index in [0.717, 1.165) is 18.7 Å². The molecule has 126 valence electrons. The van der Waals surface area contributed by atoms with Crippen LogP contribution in [0.3, 0.4) is 0 Å². The number of hydrogen-bond acceptors (Lipinski definition) is 5. The first-order valence-electron chi connectivity index (χ1n) is 7.54. The van der Waals surface area contributed by atoms with Crippen molar-refractivity contribution in [3.05, 3.63) is 30.7 Å². The topological polar surface area (TPSA) is 91.0 Å². The Kier molecular flexibility index (Phi) is 4.51. The summed E-state index contributed by atoms with van der Waals surface area (Å²) in [5, 5.41) is 0.0327. The summed E-state index contributed by atoms with van der Waals surface area (Å²) in [7, 11) is 0.0404. The van der Waals surface area contributed by atoms with E-state index in [1.165, 1.54) is 12.5 Å². The molecule has 3 heterocycles. The molecule has 0 aromatic carbocycles. The largest absolute Gasteiger partial charge is 0.370 e. The van der Waals surface area contributed by atoms with E-state index in [9.17, 15) is 8.42 Å². The quantitative estimate of drug-likeness (QED) is 0.861. The van der Waals surface area contributed by atoms with Gasteiger partial charge in [0.1, 0.15) is 11.9 Å². The van der Waals surface area contributed by atoms with E-state index in [1.54, 1.807) is 17.8 Å². The summed E-state index contributed by atoms with van der Waals surface area (Å²) >= 11 is 0. The van der Waals surface area contributed by atoms with Crippen LogP contribution in [0, 0.1) is 5.92 Å². The van der Waals surface area contributed by atoms with Gasteiger partial charge in [0.15, 0.2) is 5.03 Å². The molecule has 1 aliphatic heterocycles. The van der Waals surface area contributed by atoms with Crippen LogP contribution in [-0.2, 0) is 28.9 Å². The molecule has 3 rings (SSSR count). The summed E-state index contributed by atoms with van der Waals surface area (Å²) in [6.07, 6.45) is 8.14. The average Bonchev–Trinajstić information content (AvgIpc) is 3.14. The van der Waals surface area contributed by atoms with Gasteiger partial charge in [-0.25, -0.2) is 23.1 Å². The fraction of sp³-hybridized carbons (Fsp3) is 0.571. The van der Waals surface area contributed by atoms with Gasteiger partial charge >= 0.3 is 0 Å². The van der Waals surface area contributed by atoms with Crippen LogP contribution in [0.15, 0.2) is 29.9 Å². The molecule has 2 aromatic rings. The normalized spacial score (nSPS) is 22.3. The van der Waals surface area contributed by atoms with Gasteiger partial charge in [-0.05, 0) is 12.8 Å². The van der Waals surface area contributed by atoms with Gasteiger partial charge in [-0.2, -0.15) is 0 Å². The third kappa shape index (κ3) is 3.46. The molecule has 0 radical (unpaired) electrons. The number of ether oxygens (including phenoxy) is 1. The van der Waals surface area contributed by atoms with E-state index in [4.69, 9.17) is 4.74 Å². The lowest BCUT2D eigenvalue weighted by molar-refractivity contribution is -0.0328. The van der Waals surface area contributed by atoms with Crippen molar-refractivity contribution < 1.29 is 13.2 Å². The van der Waals surface area contributed by atoms with E-state index in [1.807, 2.05) is 17.8 Å². The van der Waals surface area contributed by atoms with Gasteiger partial charge in [0.2, 0.25) is 0 Å². The first kappa shape index (κ1) is 16.2. The molecular formula is C14H21N5O3S. The van der Waals surface area contributed by atoms with E-state index in [-0.39, 0.29) is 17.0 Å². The average molecular weight is 339 g/mol. The fourth-order valence-corrected chi connectivity index (χ4v) is 3.88. The van der Waals surface area contributed by atoms with Crippen molar-refractivity contribution in [2.45, 2.75) is 24.0 Å². The van der Waals surface area contributed by atoms with Gasteiger partial charge < -0.3 is 13.9 Å². The summed E-state index contributed by atoms with van der Waals surface area (Å²) in [6.45, 7) is 0.970. The van der Waals surface area contributed by atoms with Crippen LogP contribution < -0.4 is 4.72 Å². The molecule has 0 saturated carbocycles. The molecule has 0 amide bonds. The second kappa shape index (κ2) is 6.42. The highest BCUT2D eigenvalue weighted by Gasteiger charge is 2.31. The van der Waals surface area contributed by atoms with Crippen molar-refractivity contribution in [1.82, 2.24) is 23.8 Å². The van der Waals surface area contributed by atoms with Crippen molar-refractivity contribution in [3.8, 4) is 0 Å². The Morgan fingerprint density at radius 2 is 2.22 bits per heavy atom.